The van der Waals surface area contributed by atoms with Gasteiger partial charge in [-0.25, -0.2) is 4.98 Å². The largest absolute Gasteiger partial charge is 1.00 e. The smallest absolute Gasteiger partial charge is 0.543 e. The quantitative estimate of drug-likeness (QED) is 0.308. The molecule has 2 amide bonds. The van der Waals surface area contributed by atoms with Crippen LogP contribution in [0.25, 0.3) is 0 Å². The van der Waals surface area contributed by atoms with Gasteiger partial charge in [0.2, 0.25) is 5.91 Å². The van der Waals surface area contributed by atoms with Gasteiger partial charge in [-0.1, -0.05) is 11.8 Å². The zero-order valence-corrected chi connectivity index (χ0v) is 15.8. The van der Waals surface area contributed by atoms with Crippen molar-refractivity contribution < 1.29 is 49.0 Å². The van der Waals surface area contributed by atoms with E-state index in [1.807, 2.05) is 0 Å². The number of hydrogen-bond donors (Lipinski definition) is 2. The predicted molar refractivity (Wildman–Crippen MR) is 77.4 cm³/mol. The number of nitrogens with zero attached hydrogens (tertiary/aromatic N) is 2. The number of fused-ring (bicyclic) bond motifs is 1. The van der Waals surface area contributed by atoms with Crippen molar-refractivity contribution in [1.82, 2.24) is 20.2 Å². The Morgan fingerprint density at radius 1 is 1.57 bits per heavy atom. The van der Waals surface area contributed by atoms with E-state index in [9.17, 15) is 19.5 Å². The number of hydrogen-bond acceptors (Lipinski definition) is 7. The minimum Gasteiger partial charge on any atom is -0.543 e. The minimum atomic E-state index is -1.38. The number of H-pyrrole nitrogens is 1. The van der Waals surface area contributed by atoms with Gasteiger partial charge in [-0.3, -0.25) is 14.5 Å². The summed E-state index contributed by atoms with van der Waals surface area (Å²) in [6, 6.07) is -0.697. The van der Waals surface area contributed by atoms with E-state index in [2.05, 4.69) is 15.3 Å². The van der Waals surface area contributed by atoms with Crippen LogP contribution >= 0.6 is 23.5 Å². The maximum atomic E-state index is 12.0. The van der Waals surface area contributed by atoms with Crippen LogP contribution in [0.4, 0.5) is 0 Å². The molecular formula is C12H11N4NaO4S2. The van der Waals surface area contributed by atoms with Gasteiger partial charge in [-0.15, -0.1) is 11.8 Å². The van der Waals surface area contributed by atoms with Crippen LogP contribution in [0.2, 0.25) is 0 Å². The van der Waals surface area contributed by atoms with Crippen molar-refractivity contribution in [2.24, 2.45) is 0 Å². The molecule has 8 nitrogen and oxygen atoms in total. The Morgan fingerprint density at radius 2 is 2.35 bits per heavy atom. The molecule has 1 aromatic rings. The number of aliphatic carboxylic acids is 1. The van der Waals surface area contributed by atoms with E-state index in [1.54, 1.807) is 12.4 Å². The molecule has 0 saturated carbocycles. The van der Waals surface area contributed by atoms with Crippen molar-refractivity contribution in [2.75, 3.05) is 11.5 Å². The second kappa shape index (κ2) is 7.75. The first-order valence-electron chi connectivity index (χ1n) is 6.35. The molecule has 2 N–H and O–H groups in total. The first kappa shape index (κ1) is 18.4. The molecule has 0 radical (unpaired) electrons. The van der Waals surface area contributed by atoms with E-state index < -0.39 is 17.9 Å². The average molecular weight is 362 g/mol. The molecule has 1 saturated heterocycles. The Kier molecular flexibility index (Phi) is 6.20. The molecule has 3 rings (SSSR count). The summed E-state index contributed by atoms with van der Waals surface area (Å²) in [7, 11) is 0. The number of rotatable bonds is 5. The van der Waals surface area contributed by atoms with Crippen molar-refractivity contribution in [2.45, 2.75) is 16.6 Å². The maximum Gasteiger partial charge on any atom is 1.00 e. The molecule has 11 heteroatoms. The molecule has 2 atom stereocenters. The fourth-order valence-corrected chi connectivity index (χ4v) is 4.04. The van der Waals surface area contributed by atoms with Crippen LogP contribution < -0.4 is 40.0 Å². The third kappa shape index (κ3) is 3.77. The van der Waals surface area contributed by atoms with Crippen LogP contribution in [0.15, 0.2) is 29.3 Å². The van der Waals surface area contributed by atoms with Gasteiger partial charge in [-0.2, -0.15) is 0 Å². The summed E-state index contributed by atoms with van der Waals surface area (Å²) in [6.07, 6.45) is 4.68. The molecule has 0 spiro atoms. The van der Waals surface area contributed by atoms with Gasteiger partial charge < -0.3 is 20.2 Å². The van der Waals surface area contributed by atoms with Crippen LogP contribution in [0.3, 0.4) is 0 Å². The molecule has 2 unspecified atom stereocenters. The number of aromatic amines is 1. The molecule has 0 aromatic carbocycles. The molecule has 1 fully saturated rings. The Labute approximate surface area is 162 Å². The van der Waals surface area contributed by atoms with Gasteiger partial charge in [-0.05, 0) is 6.08 Å². The van der Waals surface area contributed by atoms with Gasteiger partial charge in [0, 0.05) is 18.1 Å². The van der Waals surface area contributed by atoms with E-state index in [-0.39, 0.29) is 52.3 Å². The van der Waals surface area contributed by atoms with E-state index in [1.165, 1.54) is 29.6 Å². The predicted octanol–water partition coefficient (Wildman–Crippen LogP) is -4.46. The average Bonchev–Trinajstić information content (AvgIpc) is 3.02. The van der Waals surface area contributed by atoms with Crippen molar-refractivity contribution in [3.63, 3.8) is 0 Å². The Balaban J connectivity index is 0.00000192. The van der Waals surface area contributed by atoms with E-state index in [0.29, 0.717) is 10.9 Å². The van der Waals surface area contributed by atoms with Crippen molar-refractivity contribution in [3.05, 3.63) is 24.2 Å². The number of aromatic nitrogens is 2. The number of carboxylic acids is 1. The van der Waals surface area contributed by atoms with Gasteiger partial charge >= 0.3 is 29.6 Å². The first-order chi connectivity index (χ1) is 10.6. The summed E-state index contributed by atoms with van der Waals surface area (Å²) in [5, 5.41) is 13.8. The van der Waals surface area contributed by atoms with Gasteiger partial charge in [0.25, 0.3) is 5.91 Å². The number of carbonyl (C=O) groups is 3. The fourth-order valence-electron chi connectivity index (χ4n) is 2.21. The molecule has 3 heterocycles. The molecule has 0 aliphatic carbocycles. The first-order valence-corrected chi connectivity index (χ1v) is 8.39. The van der Waals surface area contributed by atoms with Crippen LogP contribution in [0, 0.1) is 0 Å². The number of β-lactam (4-membered cyclic amide) rings is 1. The number of carboxylic acid groups (broad SMARTS) is 1. The molecule has 116 valence electrons. The van der Waals surface area contributed by atoms with Gasteiger partial charge in [0.1, 0.15) is 11.4 Å². The molecule has 0 bridgehead atoms. The topological polar surface area (TPSA) is 118 Å². The molecule has 1 aromatic heterocycles. The van der Waals surface area contributed by atoms with Crippen LogP contribution in [-0.4, -0.2) is 55.6 Å². The summed E-state index contributed by atoms with van der Waals surface area (Å²) in [5.74, 6) is -1.52. The van der Waals surface area contributed by atoms with Gasteiger partial charge in [0.05, 0.1) is 17.4 Å². The zero-order chi connectivity index (χ0) is 15.7. The van der Waals surface area contributed by atoms with Crippen molar-refractivity contribution in [1.29, 1.82) is 0 Å². The van der Waals surface area contributed by atoms with E-state index >= 15 is 0 Å². The summed E-state index contributed by atoms with van der Waals surface area (Å²) in [6.45, 7) is 0. The Bertz CT molecular complexity index is 651. The normalized spacial score (nSPS) is 22.3. The fraction of sp³-hybridized carbons (Fsp3) is 0.333. The summed E-state index contributed by atoms with van der Waals surface area (Å²) in [4.78, 5) is 42.9. The van der Waals surface area contributed by atoms with Crippen molar-refractivity contribution in [3.8, 4) is 0 Å². The van der Waals surface area contributed by atoms with E-state index in [0.717, 1.165) is 4.90 Å². The summed E-state index contributed by atoms with van der Waals surface area (Å²) >= 11 is 2.62. The molecule has 2 aliphatic heterocycles. The standard InChI is InChI=1S/C12H12N4O4S2.Na/c17-7(5-22-12-13-2-3-14-12)15-8-9(18)16-6(11(19)20)1-4-21-10(8)16;/h1-3,8,10H,4-5H2,(H,13,14)(H,15,17)(H,19,20);/q;+1/p-1. The molecular weight excluding hydrogens is 351 g/mol. The van der Waals surface area contributed by atoms with E-state index in [4.69, 9.17) is 0 Å². The minimum absolute atomic E-state index is 0. The molecule has 2 aliphatic rings. The number of imidazole rings is 1. The SMILES string of the molecule is O=C(CSc1ncc[nH]1)NC1C(=O)N2C(C(=O)[O-])=CCSC12.[Na+]. The van der Waals surface area contributed by atoms with Crippen LogP contribution in [0.5, 0.6) is 0 Å². The molecule has 23 heavy (non-hydrogen) atoms. The second-order valence-corrected chi connectivity index (χ2v) is 6.65. The van der Waals surface area contributed by atoms with Gasteiger partial charge in [0.15, 0.2) is 5.16 Å². The summed E-state index contributed by atoms with van der Waals surface area (Å²) < 4.78 is 0. The zero-order valence-electron chi connectivity index (χ0n) is 12.1. The Morgan fingerprint density at radius 3 is 3.00 bits per heavy atom. The third-order valence-electron chi connectivity index (χ3n) is 3.19. The number of thioether (sulfide) groups is 2. The Hall–Kier alpha value is -0.940. The van der Waals surface area contributed by atoms with Crippen LogP contribution in [-0.2, 0) is 14.4 Å². The maximum absolute atomic E-state index is 12.0. The third-order valence-corrected chi connectivity index (χ3v) is 5.27. The number of amides is 2. The summed E-state index contributed by atoms with van der Waals surface area (Å²) in [5.41, 5.74) is -0.121. The monoisotopic (exact) mass is 362 g/mol. The number of carbonyl (C=O) groups excluding carboxylic acids is 3. The van der Waals surface area contributed by atoms with Crippen LogP contribution in [0.1, 0.15) is 0 Å². The van der Waals surface area contributed by atoms with Crippen molar-refractivity contribution >= 4 is 41.3 Å². The second-order valence-electron chi connectivity index (χ2n) is 4.54. The number of nitrogens with one attached hydrogen (secondary N) is 2.